The summed E-state index contributed by atoms with van der Waals surface area (Å²) >= 11 is 0. The van der Waals surface area contributed by atoms with Gasteiger partial charge in [0.2, 0.25) is 11.7 Å². The molecule has 8 nitrogen and oxygen atoms in total. The number of hydrogen-bond acceptors (Lipinski definition) is 8. The highest BCUT2D eigenvalue weighted by Gasteiger charge is 2.35. The second-order valence-corrected chi connectivity index (χ2v) is 6.60. The molecule has 2 atom stereocenters. The van der Waals surface area contributed by atoms with E-state index in [1.807, 2.05) is 30.3 Å². The molecule has 0 radical (unpaired) electrons. The number of aliphatic hydroxyl groups is 1. The summed E-state index contributed by atoms with van der Waals surface area (Å²) in [6, 6.07) is 16.1. The Balaban J connectivity index is 1.57. The first-order chi connectivity index (χ1) is 13.1. The predicted molar refractivity (Wildman–Crippen MR) is 97.6 cm³/mol. The van der Waals surface area contributed by atoms with Crippen LogP contribution in [0.15, 0.2) is 59.1 Å². The Morgan fingerprint density at radius 2 is 2.00 bits per heavy atom. The summed E-state index contributed by atoms with van der Waals surface area (Å²) in [5.41, 5.74) is 1.79. The first-order valence-electron chi connectivity index (χ1n) is 8.66. The van der Waals surface area contributed by atoms with Gasteiger partial charge < -0.3 is 20.1 Å². The third-order valence-electron chi connectivity index (χ3n) is 4.66. The van der Waals surface area contributed by atoms with E-state index in [4.69, 9.17) is 9.73 Å². The van der Waals surface area contributed by atoms with Gasteiger partial charge in [-0.25, -0.2) is 0 Å². The number of likely N-dealkylation sites (tertiary alicyclic amines) is 1. The fourth-order valence-electron chi connectivity index (χ4n) is 3.38. The number of hydrogen-bond donors (Lipinski definition) is 2. The van der Waals surface area contributed by atoms with Gasteiger partial charge in [0, 0.05) is 18.7 Å². The number of β-amino-alcohol motifs (C(OH)–C–C–N with tert-alkyl or cyclic N) is 1. The SMILES string of the molecule is [O-]N(O)c1cccc(-c2noc([C@@H]3C[C@@H](O)CN3Cc3ccccc3)n2)c1. The average molecular weight is 367 g/mol. The number of anilines is 1. The lowest BCUT2D eigenvalue weighted by molar-refractivity contribution is 0.169. The van der Waals surface area contributed by atoms with Gasteiger partial charge in [-0.3, -0.25) is 10.1 Å². The molecule has 1 aromatic heterocycles. The predicted octanol–water partition coefficient (Wildman–Crippen LogP) is 2.74. The lowest BCUT2D eigenvalue weighted by atomic mass is 10.1. The van der Waals surface area contributed by atoms with Crippen molar-refractivity contribution in [2.45, 2.75) is 25.1 Å². The number of benzene rings is 2. The monoisotopic (exact) mass is 367 g/mol. The van der Waals surface area contributed by atoms with Gasteiger partial charge in [-0.2, -0.15) is 4.98 Å². The first kappa shape index (κ1) is 17.6. The van der Waals surface area contributed by atoms with Crippen LogP contribution in [0.1, 0.15) is 23.9 Å². The third kappa shape index (κ3) is 3.83. The molecule has 0 unspecified atom stereocenters. The molecule has 2 aromatic carbocycles. The highest BCUT2D eigenvalue weighted by Crippen LogP contribution is 2.33. The van der Waals surface area contributed by atoms with Crippen LogP contribution in [0.25, 0.3) is 11.4 Å². The van der Waals surface area contributed by atoms with E-state index in [0.717, 1.165) is 5.56 Å². The maximum atomic E-state index is 11.1. The number of aliphatic hydroxyl groups excluding tert-OH is 1. The molecule has 27 heavy (non-hydrogen) atoms. The van der Waals surface area contributed by atoms with Crippen LogP contribution in [0, 0.1) is 5.21 Å². The van der Waals surface area contributed by atoms with Crippen molar-refractivity contribution in [1.29, 1.82) is 0 Å². The second-order valence-electron chi connectivity index (χ2n) is 6.60. The standard InChI is InChI=1S/C19H19N4O4/c24-16-10-17(22(12-16)11-13-5-2-1-3-6-13)19-20-18(21-27-19)14-7-4-8-15(9-14)23(25)26/h1-9,16-17,24-25H,10-12H2/q-1/t16-,17+/m1/s1. The maximum Gasteiger partial charge on any atom is 0.244 e. The molecule has 1 aliphatic rings. The second kappa shape index (κ2) is 7.45. The maximum absolute atomic E-state index is 11.1. The summed E-state index contributed by atoms with van der Waals surface area (Å²) < 4.78 is 5.45. The Morgan fingerprint density at radius 1 is 1.19 bits per heavy atom. The molecular formula is C19H19N4O4-. The molecule has 0 spiro atoms. The van der Waals surface area contributed by atoms with Crippen LogP contribution in [-0.4, -0.2) is 38.0 Å². The number of nitrogens with zero attached hydrogens (tertiary/aromatic N) is 4. The molecule has 0 bridgehead atoms. The van der Waals surface area contributed by atoms with Crippen LogP contribution >= 0.6 is 0 Å². The minimum atomic E-state index is -0.458. The molecule has 4 rings (SSSR count). The van der Waals surface area contributed by atoms with Gasteiger partial charge in [-0.1, -0.05) is 47.6 Å². The summed E-state index contributed by atoms with van der Waals surface area (Å²) in [4.78, 5) is 6.57. The van der Waals surface area contributed by atoms with Crippen molar-refractivity contribution >= 4 is 5.69 Å². The van der Waals surface area contributed by atoms with E-state index < -0.39 is 6.10 Å². The molecule has 0 saturated carbocycles. The minimum Gasteiger partial charge on any atom is -0.733 e. The first-order valence-corrected chi connectivity index (χ1v) is 8.66. The zero-order valence-electron chi connectivity index (χ0n) is 14.5. The van der Waals surface area contributed by atoms with E-state index in [0.29, 0.717) is 36.8 Å². The molecule has 0 aliphatic carbocycles. The van der Waals surface area contributed by atoms with Gasteiger partial charge in [-0.15, -0.1) is 0 Å². The van der Waals surface area contributed by atoms with Crippen LogP contribution in [0.3, 0.4) is 0 Å². The molecule has 2 N–H and O–H groups in total. The summed E-state index contributed by atoms with van der Waals surface area (Å²) in [5.74, 6) is 0.751. The molecule has 3 aromatic rings. The molecule has 8 heteroatoms. The minimum absolute atomic E-state index is 0.0841. The third-order valence-corrected chi connectivity index (χ3v) is 4.66. The van der Waals surface area contributed by atoms with E-state index in [-0.39, 0.29) is 17.0 Å². The van der Waals surface area contributed by atoms with Crippen LogP contribution in [0.4, 0.5) is 5.69 Å². The molecule has 2 heterocycles. The van der Waals surface area contributed by atoms with E-state index >= 15 is 0 Å². The Hall–Kier alpha value is -2.78. The molecule has 0 amide bonds. The molecule has 1 saturated heterocycles. The Morgan fingerprint density at radius 3 is 2.78 bits per heavy atom. The van der Waals surface area contributed by atoms with E-state index in [1.54, 1.807) is 12.1 Å². The molecule has 1 aliphatic heterocycles. The quantitative estimate of drug-likeness (QED) is 0.663. The largest absolute Gasteiger partial charge is 0.733 e. The van der Waals surface area contributed by atoms with E-state index in [2.05, 4.69) is 15.0 Å². The lowest BCUT2D eigenvalue weighted by Crippen LogP contribution is -2.24. The Kier molecular flexibility index (Phi) is 4.87. The van der Waals surface area contributed by atoms with Gasteiger partial charge in [0.1, 0.15) is 0 Å². The van der Waals surface area contributed by atoms with Gasteiger partial charge >= 0.3 is 0 Å². The molecular weight excluding hydrogens is 348 g/mol. The van der Waals surface area contributed by atoms with Crippen molar-refractivity contribution in [2.24, 2.45) is 0 Å². The van der Waals surface area contributed by atoms with Crippen LogP contribution in [0.5, 0.6) is 0 Å². The van der Waals surface area contributed by atoms with E-state index in [1.165, 1.54) is 12.1 Å². The van der Waals surface area contributed by atoms with Gasteiger partial charge in [0.05, 0.1) is 17.8 Å². The molecule has 140 valence electrons. The van der Waals surface area contributed by atoms with Crippen LogP contribution in [-0.2, 0) is 6.54 Å². The fourth-order valence-corrected chi connectivity index (χ4v) is 3.38. The highest BCUT2D eigenvalue weighted by molar-refractivity contribution is 5.62. The van der Waals surface area contributed by atoms with Crippen molar-refractivity contribution in [1.82, 2.24) is 15.0 Å². The van der Waals surface area contributed by atoms with Gasteiger partial charge in [0.15, 0.2) is 0 Å². The van der Waals surface area contributed by atoms with E-state index in [9.17, 15) is 10.3 Å². The Labute approximate surface area is 155 Å². The summed E-state index contributed by atoms with van der Waals surface area (Å²) in [7, 11) is 0. The van der Waals surface area contributed by atoms with Crippen LogP contribution in [0.2, 0.25) is 0 Å². The van der Waals surface area contributed by atoms with Gasteiger partial charge in [-0.05, 0) is 24.1 Å². The molecule has 1 fully saturated rings. The van der Waals surface area contributed by atoms with Crippen molar-refractivity contribution in [3.05, 3.63) is 71.3 Å². The smallest absolute Gasteiger partial charge is 0.244 e. The van der Waals surface area contributed by atoms with Crippen LogP contribution < -0.4 is 5.23 Å². The van der Waals surface area contributed by atoms with Crippen molar-refractivity contribution < 1.29 is 14.8 Å². The highest BCUT2D eigenvalue weighted by atomic mass is 16.8. The number of aromatic nitrogens is 2. The van der Waals surface area contributed by atoms with Crippen molar-refractivity contribution in [3.63, 3.8) is 0 Å². The fraction of sp³-hybridized carbons (Fsp3) is 0.263. The van der Waals surface area contributed by atoms with Gasteiger partial charge in [0.25, 0.3) is 0 Å². The topological polar surface area (TPSA) is 109 Å². The zero-order valence-corrected chi connectivity index (χ0v) is 14.5. The summed E-state index contributed by atoms with van der Waals surface area (Å²) in [6.07, 6.45) is 0.0558. The Bertz CT molecular complexity index is 899. The average Bonchev–Trinajstić information content (AvgIpc) is 3.29. The lowest BCUT2D eigenvalue weighted by Gasteiger charge is -2.21. The summed E-state index contributed by atoms with van der Waals surface area (Å²) in [6.45, 7) is 1.20. The number of rotatable bonds is 5. The zero-order chi connectivity index (χ0) is 18.8. The summed E-state index contributed by atoms with van der Waals surface area (Å²) in [5, 5.41) is 34.0. The van der Waals surface area contributed by atoms with Crippen molar-refractivity contribution in [3.8, 4) is 11.4 Å². The normalized spacial score (nSPS) is 20.1. The van der Waals surface area contributed by atoms with Crippen molar-refractivity contribution in [2.75, 3.05) is 11.8 Å².